The summed E-state index contributed by atoms with van der Waals surface area (Å²) >= 11 is 0. The molecule has 1 aromatic rings. The molecule has 0 radical (unpaired) electrons. The van der Waals surface area contributed by atoms with E-state index >= 15 is 0 Å². The molecule has 0 saturated heterocycles. The second kappa shape index (κ2) is 4.66. The van der Waals surface area contributed by atoms with E-state index in [1.807, 2.05) is 6.07 Å². The first-order valence-corrected chi connectivity index (χ1v) is 5.71. The average Bonchev–Trinajstić information content (AvgIpc) is 2.72. The van der Waals surface area contributed by atoms with Crippen LogP contribution in [0.3, 0.4) is 0 Å². The molecule has 0 fully saturated rings. The number of fused-ring (bicyclic) bond motifs is 1. The minimum Gasteiger partial charge on any atom is -0.387 e. The molecule has 3 heteroatoms. The zero-order chi connectivity index (χ0) is 11.5. The fraction of sp³-hybridized carbons (Fsp3) is 0.462. The Morgan fingerprint density at radius 3 is 2.94 bits per heavy atom. The van der Waals surface area contributed by atoms with Crippen molar-refractivity contribution < 1.29 is 9.90 Å². The quantitative estimate of drug-likeness (QED) is 0.806. The number of hydrogen-bond acceptors (Lipinski definition) is 2. The van der Waals surface area contributed by atoms with Crippen molar-refractivity contribution in [2.24, 2.45) is 0 Å². The molecule has 0 spiro atoms. The first-order valence-electron chi connectivity index (χ1n) is 5.71. The summed E-state index contributed by atoms with van der Waals surface area (Å²) in [5, 5.41) is 12.5. The van der Waals surface area contributed by atoms with E-state index in [4.69, 9.17) is 0 Å². The number of aliphatic hydroxyl groups excluding tert-OH is 1. The number of aryl methyl sites for hydroxylation is 2. The SMILES string of the molecule is CC(=O)NCC(O)c1ccc2c(c1)CCC2. The minimum absolute atomic E-state index is 0.111. The van der Waals surface area contributed by atoms with E-state index in [0.717, 1.165) is 18.4 Å². The third-order valence-corrected chi connectivity index (χ3v) is 3.05. The molecule has 1 amide bonds. The van der Waals surface area contributed by atoms with Gasteiger partial charge in [-0.05, 0) is 36.0 Å². The van der Waals surface area contributed by atoms with Crippen molar-refractivity contribution in [3.8, 4) is 0 Å². The molecule has 1 unspecified atom stereocenters. The van der Waals surface area contributed by atoms with Crippen molar-refractivity contribution in [3.05, 3.63) is 34.9 Å². The topological polar surface area (TPSA) is 49.3 Å². The Morgan fingerprint density at radius 2 is 2.19 bits per heavy atom. The summed E-state index contributed by atoms with van der Waals surface area (Å²) in [4.78, 5) is 10.7. The first-order chi connectivity index (χ1) is 7.66. The van der Waals surface area contributed by atoms with Gasteiger partial charge in [0.1, 0.15) is 0 Å². The molecule has 0 heterocycles. The lowest BCUT2D eigenvalue weighted by atomic mass is 10.0. The van der Waals surface area contributed by atoms with Crippen molar-refractivity contribution in [1.29, 1.82) is 0 Å². The van der Waals surface area contributed by atoms with Gasteiger partial charge < -0.3 is 10.4 Å². The lowest BCUT2D eigenvalue weighted by Gasteiger charge is -2.12. The zero-order valence-corrected chi connectivity index (χ0v) is 9.49. The van der Waals surface area contributed by atoms with Gasteiger partial charge in [-0.1, -0.05) is 18.2 Å². The maximum atomic E-state index is 10.7. The lowest BCUT2D eigenvalue weighted by Crippen LogP contribution is -2.25. The maximum absolute atomic E-state index is 10.7. The third kappa shape index (κ3) is 2.42. The average molecular weight is 219 g/mol. The molecule has 1 aliphatic rings. The second-order valence-electron chi connectivity index (χ2n) is 4.33. The number of carbonyl (C=O) groups is 1. The number of aliphatic hydroxyl groups is 1. The van der Waals surface area contributed by atoms with Crippen molar-refractivity contribution in [1.82, 2.24) is 5.32 Å². The van der Waals surface area contributed by atoms with Crippen LogP contribution in [-0.2, 0) is 17.6 Å². The molecule has 1 aromatic carbocycles. The molecular formula is C13H17NO2. The largest absolute Gasteiger partial charge is 0.387 e. The number of carbonyl (C=O) groups excluding carboxylic acids is 1. The van der Waals surface area contributed by atoms with Crippen LogP contribution in [0.4, 0.5) is 0 Å². The van der Waals surface area contributed by atoms with Gasteiger partial charge in [0.25, 0.3) is 0 Å². The van der Waals surface area contributed by atoms with E-state index < -0.39 is 6.10 Å². The van der Waals surface area contributed by atoms with Gasteiger partial charge in [-0.25, -0.2) is 0 Å². The predicted octanol–water partition coefficient (Wildman–Crippen LogP) is 1.34. The molecule has 1 aliphatic carbocycles. The second-order valence-corrected chi connectivity index (χ2v) is 4.33. The van der Waals surface area contributed by atoms with Crippen LogP contribution in [0.2, 0.25) is 0 Å². The van der Waals surface area contributed by atoms with Gasteiger partial charge in [-0.2, -0.15) is 0 Å². The predicted molar refractivity (Wildman–Crippen MR) is 62.1 cm³/mol. The van der Waals surface area contributed by atoms with Crippen LogP contribution in [0.25, 0.3) is 0 Å². The highest BCUT2D eigenvalue weighted by molar-refractivity contribution is 5.72. The van der Waals surface area contributed by atoms with E-state index in [2.05, 4.69) is 17.4 Å². The maximum Gasteiger partial charge on any atom is 0.216 e. The van der Waals surface area contributed by atoms with E-state index in [1.165, 1.54) is 24.5 Å². The molecular weight excluding hydrogens is 202 g/mol. The van der Waals surface area contributed by atoms with Gasteiger partial charge in [-0.3, -0.25) is 4.79 Å². The number of hydrogen-bond donors (Lipinski definition) is 2. The van der Waals surface area contributed by atoms with Crippen molar-refractivity contribution in [2.45, 2.75) is 32.3 Å². The molecule has 0 saturated carbocycles. The molecule has 0 aromatic heterocycles. The fourth-order valence-corrected chi connectivity index (χ4v) is 2.16. The fourth-order valence-electron chi connectivity index (χ4n) is 2.16. The highest BCUT2D eigenvalue weighted by Crippen LogP contribution is 2.25. The van der Waals surface area contributed by atoms with Gasteiger partial charge >= 0.3 is 0 Å². The van der Waals surface area contributed by atoms with Crippen LogP contribution < -0.4 is 5.32 Å². The molecule has 86 valence electrons. The summed E-state index contributed by atoms with van der Waals surface area (Å²) in [7, 11) is 0. The monoisotopic (exact) mass is 219 g/mol. The number of rotatable bonds is 3. The Kier molecular flexibility index (Phi) is 3.25. The molecule has 0 aliphatic heterocycles. The summed E-state index contributed by atoms with van der Waals surface area (Å²) in [6.45, 7) is 1.74. The van der Waals surface area contributed by atoms with Gasteiger partial charge in [0.05, 0.1) is 6.10 Å². The van der Waals surface area contributed by atoms with Crippen molar-refractivity contribution >= 4 is 5.91 Å². The van der Waals surface area contributed by atoms with E-state index in [9.17, 15) is 9.90 Å². The third-order valence-electron chi connectivity index (χ3n) is 3.05. The van der Waals surface area contributed by atoms with E-state index in [0.29, 0.717) is 0 Å². The van der Waals surface area contributed by atoms with Crippen LogP contribution in [0.1, 0.15) is 36.1 Å². The van der Waals surface area contributed by atoms with E-state index in [1.54, 1.807) is 0 Å². The number of benzene rings is 1. The van der Waals surface area contributed by atoms with Crippen LogP contribution in [0, 0.1) is 0 Å². The molecule has 2 N–H and O–H groups in total. The zero-order valence-electron chi connectivity index (χ0n) is 9.49. The van der Waals surface area contributed by atoms with Crippen LogP contribution >= 0.6 is 0 Å². The van der Waals surface area contributed by atoms with Gasteiger partial charge in [0, 0.05) is 13.5 Å². The summed E-state index contributed by atoms with van der Waals surface area (Å²) in [6.07, 6.45) is 2.86. The summed E-state index contributed by atoms with van der Waals surface area (Å²) in [5.41, 5.74) is 3.64. The highest BCUT2D eigenvalue weighted by Gasteiger charge is 2.14. The minimum atomic E-state index is -0.602. The Labute approximate surface area is 95.5 Å². The highest BCUT2D eigenvalue weighted by atomic mass is 16.3. The Bertz CT molecular complexity index is 401. The van der Waals surface area contributed by atoms with Gasteiger partial charge in [0.15, 0.2) is 0 Å². The summed E-state index contributed by atoms with van der Waals surface area (Å²) < 4.78 is 0. The molecule has 3 nitrogen and oxygen atoms in total. The molecule has 2 rings (SSSR count). The standard InChI is InChI=1S/C13H17NO2/c1-9(15)14-8-13(16)12-6-5-10-3-2-4-11(10)7-12/h5-7,13,16H,2-4,8H2,1H3,(H,14,15). The molecule has 0 bridgehead atoms. The summed E-state index contributed by atoms with van der Waals surface area (Å²) in [5.74, 6) is -0.111. The number of amides is 1. The summed E-state index contributed by atoms with van der Waals surface area (Å²) in [6, 6.07) is 6.11. The Balaban J connectivity index is 2.06. The van der Waals surface area contributed by atoms with E-state index in [-0.39, 0.29) is 12.5 Å². The number of nitrogens with one attached hydrogen (secondary N) is 1. The Hall–Kier alpha value is -1.35. The smallest absolute Gasteiger partial charge is 0.216 e. The van der Waals surface area contributed by atoms with Crippen molar-refractivity contribution in [3.63, 3.8) is 0 Å². The van der Waals surface area contributed by atoms with Gasteiger partial charge in [0.2, 0.25) is 5.91 Å². The first kappa shape index (κ1) is 11.1. The lowest BCUT2D eigenvalue weighted by molar-refractivity contribution is -0.119. The Morgan fingerprint density at radius 1 is 1.44 bits per heavy atom. The van der Waals surface area contributed by atoms with Crippen LogP contribution in [-0.4, -0.2) is 17.6 Å². The normalized spacial score (nSPS) is 15.6. The van der Waals surface area contributed by atoms with Crippen LogP contribution in [0.15, 0.2) is 18.2 Å². The van der Waals surface area contributed by atoms with Gasteiger partial charge in [-0.15, -0.1) is 0 Å². The van der Waals surface area contributed by atoms with Crippen molar-refractivity contribution in [2.75, 3.05) is 6.54 Å². The molecule has 16 heavy (non-hydrogen) atoms. The van der Waals surface area contributed by atoms with Crippen LogP contribution in [0.5, 0.6) is 0 Å². The molecule has 1 atom stereocenters.